The van der Waals surface area contributed by atoms with Crippen molar-refractivity contribution in [2.24, 2.45) is 0 Å². The van der Waals surface area contributed by atoms with E-state index in [9.17, 15) is 4.79 Å². The molecule has 1 aromatic carbocycles. The van der Waals surface area contributed by atoms with Gasteiger partial charge in [0.1, 0.15) is 0 Å². The van der Waals surface area contributed by atoms with Crippen LogP contribution in [0, 0.1) is 6.92 Å². The van der Waals surface area contributed by atoms with Crippen LogP contribution in [0.5, 0.6) is 0 Å². The molecule has 1 fully saturated rings. The molecule has 1 amide bonds. The zero-order chi connectivity index (χ0) is 13.0. The zero-order valence-electron chi connectivity index (χ0n) is 10.9. The lowest BCUT2D eigenvalue weighted by Gasteiger charge is -2.15. The molecule has 0 saturated carbocycles. The fourth-order valence-corrected chi connectivity index (χ4v) is 2.19. The highest BCUT2D eigenvalue weighted by atomic mass is 16.2. The number of nitrogens with two attached hydrogens (primary N) is 1. The molecule has 0 aliphatic carbocycles. The second kappa shape index (κ2) is 5.76. The van der Waals surface area contributed by atoms with E-state index in [1.807, 2.05) is 30.0 Å². The van der Waals surface area contributed by atoms with E-state index in [1.54, 1.807) is 0 Å². The van der Waals surface area contributed by atoms with Crippen molar-refractivity contribution in [3.63, 3.8) is 0 Å². The number of aryl methyl sites for hydroxylation is 1. The van der Waals surface area contributed by atoms with Gasteiger partial charge in [0, 0.05) is 37.4 Å². The van der Waals surface area contributed by atoms with Crippen LogP contribution in [0.3, 0.4) is 0 Å². The van der Waals surface area contributed by atoms with Crippen LogP contribution in [-0.2, 0) is 4.79 Å². The maximum absolute atomic E-state index is 11.8. The smallest absolute Gasteiger partial charge is 0.224 e. The Balaban J connectivity index is 1.77. The second-order valence-corrected chi connectivity index (χ2v) is 4.84. The normalized spacial score (nSPS) is 14.8. The summed E-state index contributed by atoms with van der Waals surface area (Å²) in [6, 6.07) is 5.89. The number of benzene rings is 1. The predicted octanol–water partition coefficient (Wildman–Crippen LogP) is 2.00. The van der Waals surface area contributed by atoms with Crippen molar-refractivity contribution in [3.05, 3.63) is 23.8 Å². The van der Waals surface area contributed by atoms with Gasteiger partial charge in [-0.05, 0) is 37.5 Å². The lowest BCUT2D eigenvalue weighted by Crippen LogP contribution is -2.29. The third-order valence-corrected chi connectivity index (χ3v) is 3.41. The SMILES string of the molecule is Cc1ccc(NCCC(=O)N2CCCC2)cc1N. The van der Waals surface area contributed by atoms with E-state index in [0.717, 1.165) is 42.9 Å². The minimum absolute atomic E-state index is 0.250. The van der Waals surface area contributed by atoms with E-state index in [0.29, 0.717) is 13.0 Å². The Kier molecular flexibility index (Phi) is 4.07. The van der Waals surface area contributed by atoms with E-state index < -0.39 is 0 Å². The summed E-state index contributed by atoms with van der Waals surface area (Å²) in [4.78, 5) is 13.8. The lowest BCUT2D eigenvalue weighted by molar-refractivity contribution is -0.129. The van der Waals surface area contributed by atoms with Gasteiger partial charge in [-0.2, -0.15) is 0 Å². The van der Waals surface area contributed by atoms with Crippen LogP contribution in [0.4, 0.5) is 11.4 Å². The summed E-state index contributed by atoms with van der Waals surface area (Å²) in [6.07, 6.45) is 2.84. The third-order valence-electron chi connectivity index (χ3n) is 3.41. The predicted molar refractivity (Wildman–Crippen MR) is 74.5 cm³/mol. The largest absolute Gasteiger partial charge is 0.398 e. The molecule has 1 heterocycles. The number of anilines is 2. The molecule has 0 unspecified atom stereocenters. The molecule has 98 valence electrons. The Labute approximate surface area is 108 Å². The van der Waals surface area contributed by atoms with Crippen molar-refractivity contribution < 1.29 is 4.79 Å². The number of carbonyl (C=O) groups excluding carboxylic acids is 1. The quantitative estimate of drug-likeness (QED) is 0.800. The Hall–Kier alpha value is -1.71. The summed E-state index contributed by atoms with van der Waals surface area (Å²) in [5.41, 5.74) is 8.68. The number of likely N-dealkylation sites (tertiary alicyclic amines) is 1. The van der Waals surface area contributed by atoms with Crippen molar-refractivity contribution in [3.8, 4) is 0 Å². The topological polar surface area (TPSA) is 58.4 Å². The summed E-state index contributed by atoms with van der Waals surface area (Å²) in [7, 11) is 0. The Morgan fingerprint density at radius 3 is 2.78 bits per heavy atom. The van der Waals surface area contributed by atoms with Gasteiger partial charge in [-0.3, -0.25) is 4.79 Å². The number of hydrogen-bond donors (Lipinski definition) is 2. The van der Waals surface area contributed by atoms with Crippen LogP contribution in [0.25, 0.3) is 0 Å². The van der Waals surface area contributed by atoms with Crippen LogP contribution in [0.2, 0.25) is 0 Å². The van der Waals surface area contributed by atoms with Crippen LogP contribution in [0.15, 0.2) is 18.2 Å². The van der Waals surface area contributed by atoms with Crippen LogP contribution in [0.1, 0.15) is 24.8 Å². The van der Waals surface area contributed by atoms with Gasteiger partial charge in [0.05, 0.1) is 0 Å². The van der Waals surface area contributed by atoms with E-state index >= 15 is 0 Å². The minimum Gasteiger partial charge on any atom is -0.398 e. The Bertz CT molecular complexity index is 425. The standard InChI is InChI=1S/C14H21N3O/c1-11-4-5-12(10-13(11)15)16-7-6-14(18)17-8-2-3-9-17/h4-5,10,16H,2-3,6-9,15H2,1H3. The maximum Gasteiger partial charge on any atom is 0.224 e. The molecule has 18 heavy (non-hydrogen) atoms. The molecule has 0 atom stereocenters. The molecule has 1 aliphatic rings. The van der Waals surface area contributed by atoms with E-state index in [2.05, 4.69) is 5.32 Å². The molecular weight excluding hydrogens is 226 g/mol. The number of carbonyl (C=O) groups is 1. The molecule has 0 aromatic heterocycles. The minimum atomic E-state index is 0.250. The van der Waals surface area contributed by atoms with Gasteiger partial charge in [0.25, 0.3) is 0 Å². The van der Waals surface area contributed by atoms with Crippen LogP contribution < -0.4 is 11.1 Å². The van der Waals surface area contributed by atoms with Gasteiger partial charge < -0.3 is 16.0 Å². The van der Waals surface area contributed by atoms with Crippen molar-refractivity contribution in [2.45, 2.75) is 26.2 Å². The molecule has 1 saturated heterocycles. The summed E-state index contributed by atoms with van der Waals surface area (Å²) < 4.78 is 0. The number of nitrogens with one attached hydrogen (secondary N) is 1. The summed E-state index contributed by atoms with van der Waals surface area (Å²) in [6.45, 7) is 4.50. The van der Waals surface area contributed by atoms with Crippen molar-refractivity contribution in [1.29, 1.82) is 0 Å². The fourth-order valence-electron chi connectivity index (χ4n) is 2.19. The van der Waals surface area contributed by atoms with Crippen molar-refractivity contribution >= 4 is 17.3 Å². The number of rotatable bonds is 4. The first-order valence-electron chi connectivity index (χ1n) is 6.54. The van der Waals surface area contributed by atoms with Gasteiger partial charge in [-0.25, -0.2) is 0 Å². The number of nitrogen functional groups attached to an aromatic ring is 1. The average molecular weight is 247 g/mol. The third kappa shape index (κ3) is 3.15. The van der Waals surface area contributed by atoms with E-state index in [4.69, 9.17) is 5.73 Å². The molecule has 0 radical (unpaired) electrons. The van der Waals surface area contributed by atoms with E-state index in [1.165, 1.54) is 0 Å². The lowest BCUT2D eigenvalue weighted by atomic mass is 10.2. The van der Waals surface area contributed by atoms with Gasteiger partial charge in [0.15, 0.2) is 0 Å². The van der Waals surface area contributed by atoms with Gasteiger partial charge >= 0.3 is 0 Å². The summed E-state index contributed by atoms with van der Waals surface area (Å²) in [5, 5.41) is 3.24. The molecule has 4 nitrogen and oxygen atoms in total. The monoisotopic (exact) mass is 247 g/mol. The van der Waals surface area contributed by atoms with Crippen molar-refractivity contribution in [1.82, 2.24) is 4.90 Å². The zero-order valence-corrected chi connectivity index (χ0v) is 10.9. The van der Waals surface area contributed by atoms with Crippen LogP contribution in [-0.4, -0.2) is 30.4 Å². The van der Waals surface area contributed by atoms with Gasteiger partial charge in [0.2, 0.25) is 5.91 Å². The molecule has 4 heteroatoms. The molecule has 0 bridgehead atoms. The summed E-state index contributed by atoms with van der Waals surface area (Å²) >= 11 is 0. The number of nitrogens with zero attached hydrogens (tertiary/aromatic N) is 1. The first-order valence-corrected chi connectivity index (χ1v) is 6.54. The van der Waals surface area contributed by atoms with E-state index in [-0.39, 0.29) is 5.91 Å². The highest BCUT2D eigenvalue weighted by Gasteiger charge is 2.16. The molecular formula is C14H21N3O. The highest BCUT2D eigenvalue weighted by Crippen LogP contribution is 2.17. The average Bonchev–Trinajstić information content (AvgIpc) is 2.87. The van der Waals surface area contributed by atoms with Crippen molar-refractivity contribution in [2.75, 3.05) is 30.7 Å². The number of hydrogen-bond acceptors (Lipinski definition) is 3. The molecule has 2 rings (SSSR count). The maximum atomic E-state index is 11.8. The first-order chi connectivity index (χ1) is 8.66. The molecule has 0 spiro atoms. The molecule has 1 aliphatic heterocycles. The molecule has 1 aromatic rings. The second-order valence-electron chi connectivity index (χ2n) is 4.84. The summed E-state index contributed by atoms with van der Waals surface area (Å²) in [5.74, 6) is 0.250. The van der Waals surface area contributed by atoms with Crippen LogP contribution >= 0.6 is 0 Å². The Morgan fingerprint density at radius 1 is 1.39 bits per heavy atom. The molecule has 3 N–H and O–H groups in total. The fraction of sp³-hybridized carbons (Fsp3) is 0.500. The van der Waals surface area contributed by atoms with Gasteiger partial charge in [-0.15, -0.1) is 0 Å². The van der Waals surface area contributed by atoms with Gasteiger partial charge in [-0.1, -0.05) is 6.07 Å². The first kappa shape index (κ1) is 12.7. The Morgan fingerprint density at radius 2 is 2.11 bits per heavy atom. The number of amides is 1. The highest BCUT2D eigenvalue weighted by molar-refractivity contribution is 5.77.